The lowest BCUT2D eigenvalue weighted by atomic mass is 10.2. The fourth-order valence-electron chi connectivity index (χ4n) is 2.51. The van der Waals surface area contributed by atoms with Crippen molar-refractivity contribution in [2.24, 2.45) is 0 Å². The van der Waals surface area contributed by atoms with Crippen LogP contribution < -0.4 is 15.4 Å². The van der Waals surface area contributed by atoms with Gasteiger partial charge in [-0.05, 0) is 68.9 Å². The number of nitrogens with one attached hydrogen (secondary N) is 2. The van der Waals surface area contributed by atoms with Gasteiger partial charge in [-0.3, -0.25) is 14.5 Å². The number of hydrogen-bond acceptors (Lipinski definition) is 4. The van der Waals surface area contributed by atoms with E-state index in [0.29, 0.717) is 11.4 Å². The number of nitrogens with zero attached hydrogens (tertiary/aromatic N) is 1. The third-order valence-corrected chi connectivity index (χ3v) is 4.74. The summed E-state index contributed by atoms with van der Waals surface area (Å²) in [6.45, 7) is 3.46. The van der Waals surface area contributed by atoms with Gasteiger partial charge < -0.3 is 15.4 Å². The molecule has 10 heteroatoms. The van der Waals surface area contributed by atoms with E-state index in [9.17, 15) is 22.8 Å². The molecule has 0 bridgehead atoms. The molecule has 2 rings (SSSR count). The van der Waals surface area contributed by atoms with E-state index in [1.54, 1.807) is 24.9 Å². The summed E-state index contributed by atoms with van der Waals surface area (Å²) >= 11 is 3.36. The van der Waals surface area contributed by atoms with Gasteiger partial charge in [-0.25, -0.2) is 0 Å². The van der Waals surface area contributed by atoms with Crippen LogP contribution in [0.3, 0.4) is 0 Å². The first-order valence-electron chi connectivity index (χ1n) is 8.87. The molecular weight excluding hydrogens is 467 g/mol. The van der Waals surface area contributed by atoms with Crippen molar-refractivity contribution in [3.8, 4) is 5.75 Å². The highest BCUT2D eigenvalue weighted by Crippen LogP contribution is 2.24. The molecule has 2 amide bonds. The lowest BCUT2D eigenvalue weighted by Gasteiger charge is -2.23. The van der Waals surface area contributed by atoms with Crippen LogP contribution in [0.4, 0.5) is 24.5 Å². The first kappa shape index (κ1) is 23.7. The Labute approximate surface area is 180 Å². The second-order valence-electron chi connectivity index (χ2n) is 6.66. The molecule has 0 saturated heterocycles. The summed E-state index contributed by atoms with van der Waals surface area (Å²) in [5.74, 6) is -1.07. The fraction of sp³-hybridized carbons (Fsp3) is 0.300. The van der Waals surface area contributed by atoms with Crippen LogP contribution in [-0.4, -0.2) is 42.7 Å². The number of likely N-dealkylation sites (N-methyl/N-ethyl adjacent to an activating group) is 1. The SMILES string of the molecule is Cc1cc(Br)ccc1NC(=O)CN(C)C(C)C(=O)Nc1ccc(OC(F)(F)F)cc1. The van der Waals surface area contributed by atoms with Crippen LogP contribution in [-0.2, 0) is 9.59 Å². The maximum absolute atomic E-state index is 12.4. The maximum atomic E-state index is 12.4. The highest BCUT2D eigenvalue weighted by molar-refractivity contribution is 9.10. The number of carbonyl (C=O) groups is 2. The lowest BCUT2D eigenvalue weighted by molar-refractivity contribution is -0.274. The van der Waals surface area contributed by atoms with Crippen molar-refractivity contribution >= 4 is 39.1 Å². The Hall–Kier alpha value is -2.59. The van der Waals surface area contributed by atoms with Crippen molar-refractivity contribution in [2.75, 3.05) is 24.2 Å². The molecular formula is C20H21BrF3N3O3. The normalized spacial score (nSPS) is 12.4. The maximum Gasteiger partial charge on any atom is 0.573 e. The van der Waals surface area contributed by atoms with Crippen molar-refractivity contribution in [2.45, 2.75) is 26.3 Å². The van der Waals surface area contributed by atoms with E-state index in [2.05, 4.69) is 31.3 Å². The van der Waals surface area contributed by atoms with Gasteiger partial charge in [0, 0.05) is 15.8 Å². The van der Waals surface area contributed by atoms with Crippen LogP contribution >= 0.6 is 15.9 Å². The Kier molecular flexibility index (Phi) is 7.85. The third-order valence-electron chi connectivity index (χ3n) is 4.25. The summed E-state index contributed by atoms with van der Waals surface area (Å²) in [4.78, 5) is 26.2. The van der Waals surface area contributed by atoms with Gasteiger partial charge in [0.2, 0.25) is 11.8 Å². The van der Waals surface area contributed by atoms with E-state index in [1.165, 1.54) is 12.1 Å². The summed E-state index contributed by atoms with van der Waals surface area (Å²) in [6.07, 6.45) is -4.78. The average Bonchev–Trinajstić information content (AvgIpc) is 2.63. The minimum atomic E-state index is -4.78. The van der Waals surface area contributed by atoms with Crippen molar-refractivity contribution in [1.29, 1.82) is 0 Å². The molecule has 0 saturated carbocycles. The quantitative estimate of drug-likeness (QED) is 0.600. The summed E-state index contributed by atoms with van der Waals surface area (Å²) < 4.78 is 41.3. The Bertz CT molecular complexity index is 904. The predicted octanol–water partition coefficient (Wildman–Crippen LogP) is 4.55. The second-order valence-corrected chi connectivity index (χ2v) is 7.58. The zero-order valence-corrected chi connectivity index (χ0v) is 18.1. The first-order valence-corrected chi connectivity index (χ1v) is 9.67. The van der Waals surface area contributed by atoms with Gasteiger partial charge in [-0.1, -0.05) is 15.9 Å². The number of rotatable bonds is 7. The van der Waals surface area contributed by atoms with Gasteiger partial charge in [0.15, 0.2) is 0 Å². The monoisotopic (exact) mass is 487 g/mol. The summed E-state index contributed by atoms with van der Waals surface area (Å²) in [6, 6.07) is 9.61. The molecule has 1 unspecified atom stereocenters. The Morgan fingerprint density at radius 1 is 1.13 bits per heavy atom. The lowest BCUT2D eigenvalue weighted by Crippen LogP contribution is -2.43. The van der Waals surface area contributed by atoms with E-state index in [-0.39, 0.29) is 18.2 Å². The number of amides is 2. The van der Waals surface area contributed by atoms with Crippen molar-refractivity contribution in [3.05, 3.63) is 52.5 Å². The minimum absolute atomic E-state index is 0.0253. The molecule has 2 aromatic rings. The molecule has 1 atom stereocenters. The van der Waals surface area contributed by atoms with Gasteiger partial charge in [0.25, 0.3) is 0 Å². The largest absolute Gasteiger partial charge is 0.573 e. The van der Waals surface area contributed by atoms with E-state index < -0.39 is 18.3 Å². The van der Waals surface area contributed by atoms with Crippen LogP contribution in [0.2, 0.25) is 0 Å². The minimum Gasteiger partial charge on any atom is -0.406 e. The molecule has 0 aliphatic heterocycles. The predicted molar refractivity (Wildman–Crippen MR) is 111 cm³/mol. The van der Waals surface area contributed by atoms with Crippen LogP contribution in [0, 0.1) is 6.92 Å². The Morgan fingerprint density at radius 3 is 2.33 bits per heavy atom. The van der Waals surface area contributed by atoms with Gasteiger partial charge >= 0.3 is 6.36 Å². The number of ether oxygens (including phenoxy) is 1. The van der Waals surface area contributed by atoms with Crippen molar-refractivity contribution in [1.82, 2.24) is 4.90 Å². The molecule has 0 spiro atoms. The van der Waals surface area contributed by atoms with Gasteiger partial charge in [0.1, 0.15) is 5.75 Å². The molecule has 2 N–H and O–H groups in total. The topological polar surface area (TPSA) is 70.7 Å². The van der Waals surface area contributed by atoms with Crippen LogP contribution in [0.15, 0.2) is 46.9 Å². The molecule has 30 heavy (non-hydrogen) atoms. The van der Waals surface area contributed by atoms with Crippen molar-refractivity contribution < 1.29 is 27.5 Å². The molecule has 6 nitrogen and oxygen atoms in total. The number of benzene rings is 2. The second kappa shape index (κ2) is 9.94. The van der Waals surface area contributed by atoms with Gasteiger partial charge in [0.05, 0.1) is 12.6 Å². The van der Waals surface area contributed by atoms with Gasteiger partial charge in [-0.15, -0.1) is 13.2 Å². The molecule has 0 fully saturated rings. The Balaban J connectivity index is 1.89. The zero-order chi connectivity index (χ0) is 22.5. The fourth-order valence-corrected chi connectivity index (χ4v) is 2.98. The van der Waals surface area contributed by atoms with Crippen LogP contribution in [0.25, 0.3) is 0 Å². The standard InChI is InChI=1S/C20H21BrF3N3O3/c1-12-10-14(21)4-9-17(12)26-18(28)11-27(3)13(2)19(29)25-15-5-7-16(8-6-15)30-20(22,23)24/h4-10,13H,11H2,1-3H3,(H,25,29)(H,26,28). The smallest absolute Gasteiger partial charge is 0.406 e. The number of alkyl halides is 3. The van der Waals surface area contributed by atoms with Crippen LogP contribution in [0.1, 0.15) is 12.5 Å². The van der Waals surface area contributed by atoms with E-state index in [1.807, 2.05) is 19.1 Å². The number of halogens is 4. The van der Waals surface area contributed by atoms with Crippen molar-refractivity contribution in [3.63, 3.8) is 0 Å². The Morgan fingerprint density at radius 2 is 1.77 bits per heavy atom. The molecule has 0 radical (unpaired) electrons. The summed E-state index contributed by atoms with van der Waals surface area (Å²) in [5, 5.41) is 5.39. The number of anilines is 2. The third kappa shape index (κ3) is 7.34. The molecule has 2 aromatic carbocycles. The number of aryl methyl sites for hydroxylation is 1. The molecule has 0 aliphatic carbocycles. The first-order chi connectivity index (χ1) is 13.9. The van der Waals surface area contributed by atoms with E-state index in [4.69, 9.17) is 0 Å². The highest BCUT2D eigenvalue weighted by atomic mass is 79.9. The number of carbonyl (C=O) groups excluding carboxylic acids is 2. The number of hydrogen-bond donors (Lipinski definition) is 2. The summed E-state index contributed by atoms with van der Waals surface area (Å²) in [7, 11) is 1.62. The molecule has 0 aromatic heterocycles. The molecule has 162 valence electrons. The molecule has 0 aliphatic rings. The highest BCUT2D eigenvalue weighted by Gasteiger charge is 2.31. The van der Waals surface area contributed by atoms with Gasteiger partial charge in [-0.2, -0.15) is 0 Å². The molecule has 0 heterocycles. The average molecular weight is 488 g/mol. The van der Waals surface area contributed by atoms with E-state index in [0.717, 1.165) is 22.2 Å². The summed E-state index contributed by atoms with van der Waals surface area (Å²) in [5.41, 5.74) is 1.88. The van der Waals surface area contributed by atoms with E-state index >= 15 is 0 Å². The van der Waals surface area contributed by atoms with Crippen LogP contribution in [0.5, 0.6) is 5.75 Å². The zero-order valence-electron chi connectivity index (χ0n) is 16.5.